The summed E-state index contributed by atoms with van der Waals surface area (Å²) in [6, 6.07) is 0. The number of hydrogen-bond acceptors (Lipinski definition) is 5. The highest BCUT2D eigenvalue weighted by molar-refractivity contribution is 5.86. The van der Waals surface area contributed by atoms with Crippen molar-refractivity contribution < 1.29 is 29.0 Å². The molecule has 2 aliphatic rings. The summed E-state index contributed by atoms with van der Waals surface area (Å²) in [4.78, 5) is 32.0. The van der Waals surface area contributed by atoms with Gasteiger partial charge in [0.05, 0.1) is 6.61 Å². The molecule has 2 fully saturated rings. The van der Waals surface area contributed by atoms with Gasteiger partial charge in [0.2, 0.25) is 0 Å². The van der Waals surface area contributed by atoms with E-state index < -0.39 is 5.97 Å². The van der Waals surface area contributed by atoms with Crippen molar-refractivity contribution in [2.45, 2.75) is 170 Å². The number of rotatable bonds is 21. The second-order valence-electron chi connectivity index (χ2n) is 14.0. The minimum absolute atomic E-state index is 0.0942. The van der Waals surface area contributed by atoms with Gasteiger partial charge in [0.15, 0.2) is 0 Å². The maximum atomic E-state index is 11.3. The van der Waals surface area contributed by atoms with Crippen LogP contribution < -0.4 is 0 Å². The van der Waals surface area contributed by atoms with E-state index in [-0.39, 0.29) is 29.0 Å². The van der Waals surface area contributed by atoms with E-state index in [0.29, 0.717) is 23.5 Å². The van der Waals surface area contributed by atoms with Crippen molar-refractivity contribution in [1.82, 2.24) is 0 Å². The third-order valence-electron chi connectivity index (χ3n) is 10.1. The lowest BCUT2D eigenvalue weighted by Crippen LogP contribution is -2.38. The Bertz CT molecular complexity index is 891. The first-order chi connectivity index (χ1) is 21.2. The first kappa shape index (κ1) is 42.6. The Morgan fingerprint density at radius 1 is 0.778 bits per heavy atom. The van der Waals surface area contributed by atoms with E-state index in [2.05, 4.69) is 47.4 Å². The third-order valence-corrected chi connectivity index (χ3v) is 10.1. The van der Waals surface area contributed by atoms with E-state index in [1.165, 1.54) is 122 Å². The van der Waals surface area contributed by atoms with Gasteiger partial charge in [-0.2, -0.15) is 0 Å². The first-order valence-corrected chi connectivity index (χ1v) is 17.8. The highest BCUT2D eigenvalue weighted by atomic mass is 16.5. The molecular weight excluding hydrogens is 564 g/mol. The van der Waals surface area contributed by atoms with Gasteiger partial charge in [-0.05, 0) is 50.9 Å². The smallest absolute Gasteiger partial charge is 0.333 e. The van der Waals surface area contributed by atoms with Gasteiger partial charge in [-0.25, -0.2) is 14.4 Å². The molecule has 3 atom stereocenters. The van der Waals surface area contributed by atoms with Crippen LogP contribution in [0, 0.1) is 16.7 Å². The van der Waals surface area contributed by atoms with Gasteiger partial charge < -0.3 is 14.6 Å². The monoisotopic (exact) mass is 633 g/mol. The van der Waals surface area contributed by atoms with Crippen LogP contribution in [0.15, 0.2) is 37.0 Å². The zero-order valence-electron chi connectivity index (χ0n) is 30.0. The van der Waals surface area contributed by atoms with E-state index in [1.807, 2.05) is 0 Å². The average Bonchev–Trinajstić information content (AvgIpc) is 3.32. The van der Waals surface area contributed by atoms with Crippen LogP contribution in [-0.4, -0.2) is 35.7 Å². The number of carboxylic acids is 1. The number of hydrogen-bond donors (Lipinski definition) is 1. The summed E-state index contributed by atoms with van der Waals surface area (Å²) in [5.74, 6) is -0.749. The van der Waals surface area contributed by atoms with Gasteiger partial charge in [0.25, 0.3) is 0 Å². The zero-order chi connectivity index (χ0) is 34.3. The summed E-state index contributed by atoms with van der Waals surface area (Å²) in [6.07, 6.45) is 26.6. The number of aliphatic carboxylic acids is 1. The molecular formula is C39H68O6. The lowest BCUT2D eigenvalue weighted by molar-refractivity contribution is -0.150. The molecule has 2 saturated carbocycles. The number of fused-ring (bicyclic) bond motifs is 2. The van der Waals surface area contributed by atoms with Gasteiger partial charge in [0.1, 0.15) is 6.10 Å². The quantitative estimate of drug-likeness (QED) is 0.0769. The largest absolute Gasteiger partial charge is 0.478 e. The van der Waals surface area contributed by atoms with E-state index in [4.69, 9.17) is 14.6 Å². The second kappa shape index (κ2) is 23.9. The van der Waals surface area contributed by atoms with Gasteiger partial charge >= 0.3 is 17.9 Å². The van der Waals surface area contributed by atoms with E-state index in [9.17, 15) is 14.4 Å². The standard InChI is InChI=1S/C22H42O2.C13H20O2.C4H6O2/c1-4-5-6-7-8-9-10-11-12-13-14-15-16-17-18-19-20-24-22(23)21(2)3;1-5-11(14)15-10-8-9-6-7-13(10,4)12(9,2)3;1-3(2)4(5)6/h2,4-20H2,1,3H3;5,9-10H,1,6-8H2,2-4H3;1H2,2H3,(H,5,6). The molecule has 0 aromatic rings. The molecule has 2 aliphatic carbocycles. The molecule has 0 heterocycles. The van der Waals surface area contributed by atoms with Crippen molar-refractivity contribution in [3.63, 3.8) is 0 Å². The fourth-order valence-corrected chi connectivity index (χ4v) is 6.44. The molecule has 6 nitrogen and oxygen atoms in total. The number of carboxylic acid groups (broad SMARTS) is 1. The van der Waals surface area contributed by atoms with Crippen LogP contribution in [-0.2, 0) is 23.9 Å². The number of carbonyl (C=O) groups is 3. The van der Waals surface area contributed by atoms with Crippen molar-refractivity contribution >= 4 is 17.9 Å². The predicted molar refractivity (Wildman–Crippen MR) is 187 cm³/mol. The van der Waals surface area contributed by atoms with Crippen molar-refractivity contribution in [1.29, 1.82) is 0 Å². The zero-order valence-corrected chi connectivity index (χ0v) is 30.0. The number of esters is 2. The third kappa shape index (κ3) is 17.2. The summed E-state index contributed by atoms with van der Waals surface area (Å²) in [5, 5.41) is 7.89. The van der Waals surface area contributed by atoms with Gasteiger partial charge in [0, 0.05) is 22.6 Å². The minimum Gasteiger partial charge on any atom is -0.478 e. The Labute approximate surface area is 276 Å². The van der Waals surface area contributed by atoms with Crippen LogP contribution in [0.1, 0.15) is 164 Å². The molecule has 0 aromatic carbocycles. The molecule has 1 N–H and O–H groups in total. The topological polar surface area (TPSA) is 89.9 Å². The van der Waals surface area contributed by atoms with Crippen LogP contribution in [0.4, 0.5) is 0 Å². The summed E-state index contributed by atoms with van der Waals surface area (Å²) < 4.78 is 10.6. The van der Waals surface area contributed by atoms with Crippen molar-refractivity contribution in [3.05, 3.63) is 37.0 Å². The molecule has 0 aromatic heterocycles. The SMILES string of the molecule is C=C(C)C(=O)O.C=C(C)C(=O)OCCCCCCCCCCCCCCCCCC.C=CC(=O)OC1CC2CCC1(C)C2(C)C. The Morgan fingerprint density at radius 2 is 1.20 bits per heavy atom. The molecule has 0 saturated heterocycles. The Hall–Kier alpha value is -2.37. The second-order valence-corrected chi connectivity index (χ2v) is 14.0. The summed E-state index contributed by atoms with van der Waals surface area (Å²) >= 11 is 0. The van der Waals surface area contributed by atoms with Crippen LogP contribution >= 0.6 is 0 Å². The molecule has 2 rings (SSSR count). The molecule has 260 valence electrons. The summed E-state index contributed by atoms with van der Waals surface area (Å²) in [5.41, 5.74) is 1.14. The number of ether oxygens (including phenoxy) is 2. The minimum atomic E-state index is -0.935. The predicted octanol–water partition coefficient (Wildman–Crippen LogP) is 10.9. The number of unbranched alkanes of at least 4 members (excludes halogenated alkanes) is 15. The first-order valence-electron chi connectivity index (χ1n) is 17.8. The lowest BCUT2D eigenvalue weighted by Gasteiger charge is -2.38. The lowest BCUT2D eigenvalue weighted by atomic mass is 9.70. The maximum absolute atomic E-state index is 11.3. The summed E-state index contributed by atoms with van der Waals surface area (Å²) in [7, 11) is 0. The van der Waals surface area contributed by atoms with Crippen LogP contribution in [0.25, 0.3) is 0 Å². The molecule has 0 amide bonds. The van der Waals surface area contributed by atoms with E-state index in [0.717, 1.165) is 12.8 Å². The van der Waals surface area contributed by atoms with Crippen LogP contribution in [0.2, 0.25) is 0 Å². The van der Waals surface area contributed by atoms with Crippen LogP contribution in [0.3, 0.4) is 0 Å². The average molecular weight is 633 g/mol. The summed E-state index contributed by atoms with van der Waals surface area (Å²) in [6.45, 7) is 23.0. The number of carbonyl (C=O) groups excluding carboxylic acids is 2. The van der Waals surface area contributed by atoms with Gasteiger partial charge in [-0.3, -0.25) is 0 Å². The maximum Gasteiger partial charge on any atom is 0.333 e. The Kier molecular flexibility index (Phi) is 22.6. The normalized spacial score (nSPS) is 20.6. The fraction of sp³-hybridized carbons (Fsp3) is 0.769. The van der Waals surface area contributed by atoms with Crippen molar-refractivity contribution in [2.75, 3.05) is 6.61 Å². The highest BCUT2D eigenvalue weighted by Gasteiger charge is 2.62. The molecule has 0 spiro atoms. The molecule has 45 heavy (non-hydrogen) atoms. The van der Waals surface area contributed by atoms with Gasteiger partial charge in [-0.1, -0.05) is 144 Å². The molecule has 6 heteroatoms. The van der Waals surface area contributed by atoms with Crippen molar-refractivity contribution in [3.8, 4) is 0 Å². The van der Waals surface area contributed by atoms with Crippen molar-refractivity contribution in [2.24, 2.45) is 16.7 Å². The van der Waals surface area contributed by atoms with Gasteiger partial charge in [-0.15, -0.1) is 0 Å². The van der Waals surface area contributed by atoms with E-state index >= 15 is 0 Å². The Morgan fingerprint density at radius 3 is 1.51 bits per heavy atom. The molecule has 2 bridgehead atoms. The highest BCUT2D eigenvalue weighted by Crippen LogP contribution is 2.66. The van der Waals surface area contributed by atoms with Crippen LogP contribution in [0.5, 0.6) is 0 Å². The van der Waals surface area contributed by atoms with E-state index in [1.54, 1.807) is 6.92 Å². The Balaban J connectivity index is 0.000000773. The molecule has 0 aliphatic heterocycles. The fourth-order valence-electron chi connectivity index (χ4n) is 6.44. The molecule has 3 unspecified atom stereocenters. The molecule has 0 radical (unpaired) electrons.